The first-order valence-corrected chi connectivity index (χ1v) is 9.01. The van der Waals surface area contributed by atoms with Crippen LogP contribution in [0.5, 0.6) is 0 Å². The van der Waals surface area contributed by atoms with Crippen molar-refractivity contribution in [3.63, 3.8) is 0 Å². The number of anilines is 2. The van der Waals surface area contributed by atoms with Crippen LogP contribution in [0.25, 0.3) is 11.1 Å². The van der Waals surface area contributed by atoms with Crippen LogP contribution in [0.2, 0.25) is 0 Å². The van der Waals surface area contributed by atoms with Gasteiger partial charge in [-0.25, -0.2) is 18.2 Å². The number of ether oxygens (including phenoxy) is 1. The summed E-state index contributed by atoms with van der Waals surface area (Å²) in [4.78, 5) is 20.0. The van der Waals surface area contributed by atoms with E-state index in [2.05, 4.69) is 4.98 Å². The standard InChI is InChI=1S/C20H22F3N3O2/c1-25(18(27)7-10-28-2)19-15(16-11-13(21)3-4-17(16)23)5-8-24-20(19)26-9-6-14(22)12-26/h3-5,8,11,14H,6-7,9-10,12H2,1-2H3/t14-/m0/s1. The molecule has 0 radical (unpaired) electrons. The van der Waals surface area contributed by atoms with Gasteiger partial charge in [0.2, 0.25) is 5.91 Å². The number of pyridine rings is 1. The Morgan fingerprint density at radius 1 is 1.32 bits per heavy atom. The second kappa shape index (κ2) is 8.60. The summed E-state index contributed by atoms with van der Waals surface area (Å²) in [5, 5.41) is 0. The highest BCUT2D eigenvalue weighted by Crippen LogP contribution is 2.40. The molecule has 1 aliphatic rings. The average Bonchev–Trinajstić information content (AvgIpc) is 3.13. The van der Waals surface area contributed by atoms with E-state index >= 15 is 0 Å². The van der Waals surface area contributed by atoms with Crippen molar-refractivity contribution < 1.29 is 22.7 Å². The number of hydrogen-bond acceptors (Lipinski definition) is 4. The molecule has 5 nitrogen and oxygen atoms in total. The number of halogens is 3. The highest BCUT2D eigenvalue weighted by Gasteiger charge is 2.29. The Kier molecular flexibility index (Phi) is 6.18. The fraction of sp³-hybridized carbons (Fsp3) is 0.400. The van der Waals surface area contributed by atoms with E-state index in [1.54, 1.807) is 11.9 Å². The van der Waals surface area contributed by atoms with Gasteiger partial charge in [-0.05, 0) is 30.7 Å². The normalized spacial score (nSPS) is 16.5. The number of nitrogens with zero attached hydrogens (tertiary/aromatic N) is 3. The number of benzene rings is 1. The van der Waals surface area contributed by atoms with Crippen molar-refractivity contribution in [2.45, 2.75) is 19.0 Å². The van der Waals surface area contributed by atoms with Crippen molar-refractivity contribution in [3.8, 4) is 11.1 Å². The van der Waals surface area contributed by atoms with Gasteiger partial charge in [0, 0.05) is 38.0 Å². The molecular weight excluding hydrogens is 371 g/mol. The zero-order valence-electron chi connectivity index (χ0n) is 15.8. The molecule has 0 saturated carbocycles. The van der Waals surface area contributed by atoms with E-state index < -0.39 is 17.8 Å². The summed E-state index contributed by atoms with van der Waals surface area (Å²) in [7, 11) is 3.03. The van der Waals surface area contributed by atoms with Crippen LogP contribution in [0.15, 0.2) is 30.5 Å². The van der Waals surface area contributed by atoms with E-state index in [-0.39, 0.29) is 31.0 Å². The molecule has 28 heavy (non-hydrogen) atoms. The number of methoxy groups -OCH3 is 1. The summed E-state index contributed by atoms with van der Waals surface area (Å²) < 4.78 is 47.0. The van der Waals surface area contributed by atoms with Gasteiger partial charge in [-0.2, -0.15) is 0 Å². The first-order valence-electron chi connectivity index (χ1n) is 9.01. The average molecular weight is 393 g/mol. The Morgan fingerprint density at radius 2 is 2.11 bits per heavy atom. The van der Waals surface area contributed by atoms with Crippen LogP contribution in [-0.4, -0.2) is 50.9 Å². The molecule has 0 spiro atoms. The molecule has 0 bridgehead atoms. The number of carbonyl (C=O) groups is 1. The first-order chi connectivity index (χ1) is 13.4. The molecule has 8 heteroatoms. The Labute approximate surface area is 161 Å². The van der Waals surface area contributed by atoms with Gasteiger partial charge in [-0.15, -0.1) is 0 Å². The quantitative estimate of drug-likeness (QED) is 0.753. The lowest BCUT2D eigenvalue weighted by Gasteiger charge is -2.28. The fourth-order valence-corrected chi connectivity index (χ4v) is 3.32. The van der Waals surface area contributed by atoms with Gasteiger partial charge >= 0.3 is 0 Å². The van der Waals surface area contributed by atoms with Crippen LogP contribution >= 0.6 is 0 Å². The lowest BCUT2D eigenvalue weighted by molar-refractivity contribution is -0.119. The number of aromatic nitrogens is 1. The first kappa shape index (κ1) is 20.1. The fourth-order valence-electron chi connectivity index (χ4n) is 3.32. The second-order valence-corrected chi connectivity index (χ2v) is 6.68. The Hall–Kier alpha value is -2.61. The largest absolute Gasteiger partial charge is 0.384 e. The number of amides is 1. The molecule has 1 amide bonds. The van der Waals surface area contributed by atoms with Gasteiger partial charge in [0.05, 0.1) is 25.3 Å². The van der Waals surface area contributed by atoms with E-state index in [0.29, 0.717) is 30.0 Å². The minimum atomic E-state index is -1.00. The third-order valence-electron chi connectivity index (χ3n) is 4.78. The van der Waals surface area contributed by atoms with Crippen LogP contribution in [0.4, 0.5) is 24.7 Å². The lowest BCUT2D eigenvalue weighted by atomic mass is 10.0. The van der Waals surface area contributed by atoms with Gasteiger partial charge in [0.15, 0.2) is 5.82 Å². The molecule has 1 aliphatic heterocycles. The van der Waals surface area contributed by atoms with Crippen molar-refractivity contribution in [2.75, 3.05) is 43.7 Å². The second-order valence-electron chi connectivity index (χ2n) is 6.68. The molecule has 1 saturated heterocycles. The van der Waals surface area contributed by atoms with Gasteiger partial charge in [-0.3, -0.25) is 4.79 Å². The highest BCUT2D eigenvalue weighted by molar-refractivity contribution is 6.01. The molecule has 0 unspecified atom stereocenters. The number of alkyl halides is 1. The van der Waals surface area contributed by atoms with E-state index in [1.807, 2.05) is 0 Å². The summed E-state index contributed by atoms with van der Waals surface area (Å²) in [5.74, 6) is -1.12. The summed E-state index contributed by atoms with van der Waals surface area (Å²) >= 11 is 0. The molecule has 3 rings (SSSR count). The van der Waals surface area contributed by atoms with E-state index in [1.165, 1.54) is 24.3 Å². The predicted octanol–water partition coefficient (Wildman–Crippen LogP) is 3.57. The van der Waals surface area contributed by atoms with E-state index in [9.17, 15) is 18.0 Å². The molecule has 1 aromatic heterocycles. The molecule has 150 valence electrons. The van der Waals surface area contributed by atoms with Crippen molar-refractivity contribution in [1.82, 2.24) is 4.98 Å². The minimum Gasteiger partial charge on any atom is -0.384 e. The molecular formula is C20H22F3N3O2. The third-order valence-corrected chi connectivity index (χ3v) is 4.78. The molecule has 2 aromatic rings. The maximum atomic E-state index is 14.5. The Morgan fingerprint density at radius 3 is 2.79 bits per heavy atom. The van der Waals surface area contributed by atoms with E-state index in [0.717, 1.165) is 18.2 Å². The molecule has 1 atom stereocenters. The molecule has 2 heterocycles. The topological polar surface area (TPSA) is 45.7 Å². The predicted molar refractivity (Wildman–Crippen MR) is 101 cm³/mol. The Bertz CT molecular complexity index is 863. The zero-order valence-corrected chi connectivity index (χ0v) is 15.8. The highest BCUT2D eigenvalue weighted by atomic mass is 19.1. The summed E-state index contributed by atoms with van der Waals surface area (Å²) in [6.07, 6.45) is 0.912. The van der Waals surface area contributed by atoms with Crippen LogP contribution in [-0.2, 0) is 9.53 Å². The van der Waals surface area contributed by atoms with Crippen LogP contribution in [0, 0.1) is 11.6 Å². The van der Waals surface area contributed by atoms with Crippen molar-refractivity contribution in [3.05, 3.63) is 42.1 Å². The van der Waals surface area contributed by atoms with E-state index in [4.69, 9.17) is 4.74 Å². The number of hydrogen-bond donors (Lipinski definition) is 0. The number of rotatable bonds is 6. The van der Waals surface area contributed by atoms with Gasteiger partial charge < -0.3 is 14.5 Å². The smallest absolute Gasteiger partial charge is 0.229 e. The monoisotopic (exact) mass is 393 g/mol. The van der Waals surface area contributed by atoms with Crippen LogP contribution < -0.4 is 9.80 Å². The van der Waals surface area contributed by atoms with Crippen molar-refractivity contribution in [1.29, 1.82) is 0 Å². The van der Waals surface area contributed by atoms with Crippen LogP contribution in [0.3, 0.4) is 0 Å². The number of carbonyl (C=O) groups excluding carboxylic acids is 1. The van der Waals surface area contributed by atoms with Gasteiger partial charge in [0.25, 0.3) is 0 Å². The van der Waals surface area contributed by atoms with Crippen LogP contribution in [0.1, 0.15) is 12.8 Å². The molecule has 1 fully saturated rings. The lowest BCUT2D eigenvalue weighted by Crippen LogP contribution is -2.31. The van der Waals surface area contributed by atoms with Crippen molar-refractivity contribution in [2.24, 2.45) is 0 Å². The molecule has 1 aromatic carbocycles. The zero-order chi connectivity index (χ0) is 20.3. The third kappa shape index (κ3) is 4.11. The maximum Gasteiger partial charge on any atom is 0.229 e. The summed E-state index contributed by atoms with van der Waals surface area (Å²) in [5.41, 5.74) is 0.654. The summed E-state index contributed by atoms with van der Waals surface area (Å²) in [6, 6.07) is 4.67. The minimum absolute atomic E-state index is 0.0148. The van der Waals surface area contributed by atoms with Gasteiger partial charge in [0.1, 0.15) is 17.8 Å². The molecule has 0 N–H and O–H groups in total. The summed E-state index contributed by atoms with van der Waals surface area (Å²) in [6.45, 7) is 0.782. The Balaban J connectivity index is 2.13. The van der Waals surface area contributed by atoms with Gasteiger partial charge in [-0.1, -0.05) is 0 Å². The molecule has 0 aliphatic carbocycles. The SMILES string of the molecule is COCCC(=O)N(C)c1c(-c2cc(F)ccc2F)ccnc1N1CC[C@H](F)C1. The maximum absolute atomic E-state index is 14.5. The van der Waals surface area contributed by atoms with Crippen molar-refractivity contribution >= 4 is 17.4 Å².